The minimum atomic E-state index is -3.08. The molecule has 4 rings (SSSR count). The van der Waals surface area contributed by atoms with Gasteiger partial charge in [-0.1, -0.05) is 92.4 Å². The van der Waals surface area contributed by atoms with E-state index in [2.05, 4.69) is 80.4 Å². The number of allylic oxidation sites excluding steroid dienone is 4. The molecule has 0 N–H and O–H groups in total. The Bertz CT molecular complexity index is 2390. The Morgan fingerprint density at radius 3 is 1.44 bits per heavy atom. The van der Waals surface area contributed by atoms with E-state index in [1.54, 1.807) is 47.5 Å². The predicted octanol–water partition coefficient (Wildman–Crippen LogP) is 13.6. The van der Waals surface area contributed by atoms with E-state index in [0.717, 1.165) is 75.0 Å². The molecule has 0 aromatic heterocycles. The molecule has 0 radical (unpaired) electrons. The zero-order valence-corrected chi connectivity index (χ0v) is 50.8. The first kappa shape index (κ1) is 63.4. The number of esters is 2. The minimum Gasteiger partial charge on any atom is -0.496 e. The molecule has 1 unspecified atom stereocenters. The summed E-state index contributed by atoms with van der Waals surface area (Å²) in [5, 5.41) is 18.6. The zero-order chi connectivity index (χ0) is 53.9. The van der Waals surface area contributed by atoms with E-state index in [1.807, 2.05) is 20.8 Å². The molecule has 2 aromatic carbocycles. The number of fused-ring (bicyclic) bond motifs is 2. The maximum absolute atomic E-state index is 12.6. The van der Waals surface area contributed by atoms with Crippen LogP contribution >= 0.6 is 30.7 Å². The Kier molecular flexibility index (Phi) is 26.2. The summed E-state index contributed by atoms with van der Waals surface area (Å²) in [6, 6.07) is 5.98. The molecule has 1 atom stereocenters. The second-order valence-electron chi connectivity index (χ2n) is 20.1. The molecule has 0 spiro atoms. The Morgan fingerprint density at radius 1 is 0.718 bits per heavy atom. The number of ether oxygens (including phenoxy) is 6. The molecule has 0 fully saturated rings. The first-order valence-corrected chi connectivity index (χ1v) is 37.3. The van der Waals surface area contributed by atoms with Gasteiger partial charge in [0.2, 0.25) is 0 Å². The fourth-order valence-corrected chi connectivity index (χ4v) is 11.9. The second kappa shape index (κ2) is 29.3. The van der Waals surface area contributed by atoms with E-state index in [9.17, 15) is 24.0 Å². The van der Waals surface area contributed by atoms with Crippen LogP contribution < -0.4 is 18.9 Å². The van der Waals surface area contributed by atoms with Gasteiger partial charge in [-0.25, -0.2) is 9.59 Å². The van der Waals surface area contributed by atoms with Crippen molar-refractivity contribution in [3.63, 3.8) is 0 Å². The molecule has 19 heteroatoms. The van der Waals surface area contributed by atoms with Gasteiger partial charge >= 0.3 is 19.5 Å². The van der Waals surface area contributed by atoms with Crippen molar-refractivity contribution in [3.8, 4) is 35.1 Å². The highest BCUT2D eigenvalue weighted by atomic mass is 79.9. The van der Waals surface area contributed by atoms with Gasteiger partial charge in [0.05, 0.1) is 59.9 Å². The average Bonchev–Trinajstić information content (AvgIpc) is 3.87. The topological polar surface area (TPSA) is 190 Å². The Hall–Kier alpha value is -3.67. The summed E-state index contributed by atoms with van der Waals surface area (Å²) in [6.45, 7) is 30.9. The maximum atomic E-state index is 12.6. The van der Waals surface area contributed by atoms with Crippen molar-refractivity contribution in [3.05, 3.63) is 67.8 Å². The van der Waals surface area contributed by atoms with Crippen molar-refractivity contribution in [1.82, 2.24) is 0 Å². The molecule has 2 aromatic rings. The zero-order valence-electron chi connectivity index (χ0n) is 45.4. The summed E-state index contributed by atoms with van der Waals surface area (Å²) in [5.74, 6) is 2.05. The van der Waals surface area contributed by atoms with Gasteiger partial charge in [-0.2, -0.15) is 10.5 Å². The van der Waals surface area contributed by atoms with Crippen LogP contribution in [0.3, 0.4) is 0 Å². The van der Waals surface area contributed by atoms with Crippen molar-refractivity contribution in [1.29, 1.82) is 10.5 Å². The molecule has 71 heavy (non-hydrogen) atoms. The molecule has 2 aliphatic heterocycles. The summed E-state index contributed by atoms with van der Waals surface area (Å²) in [6.07, 6.45) is 7.45. The molecular formula is C52H81BrN2O12P2Si2. The van der Waals surface area contributed by atoms with Crippen molar-refractivity contribution in [2.45, 2.75) is 144 Å². The summed E-state index contributed by atoms with van der Waals surface area (Å²) in [4.78, 5) is 25.1. The van der Waals surface area contributed by atoms with Crippen LogP contribution in [0.25, 0.3) is 0 Å². The van der Waals surface area contributed by atoms with Crippen LogP contribution in [0.15, 0.2) is 23.3 Å². The number of benzene rings is 2. The average molecular weight is 1120 g/mol. The van der Waals surface area contributed by atoms with Gasteiger partial charge in [0.25, 0.3) is 0 Å². The number of methoxy groups -OCH3 is 2. The number of carbonyl (C=O) groups is 2. The number of rotatable bonds is 25. The standard InChI is InChI=1S/C25H38NO5PSi.C21H31BrO4Si.C6H12NO3P/c1-9-18(14-19(15-26)32(4,5)28)10-11-20-23(29-3)17(2)21-16-31-25(27)22(21)24(20)30-12-13-33(6,7)8;1-7-15(12-22)8-9-16-19(24-3)14(2)17-13-26-21(23)18(17)20(16)25-10-11-27(4,5)6;1-3-9-11(8,6-5-7)10-4-2/h10,19H,9,11-14,16H2,1-8H3;8H,7,9-13H2,1-6H3;3-4,6H2,1-2H3/b18-10+;15-8+;. The van der Waals surface area contributed by atoms with Gasteiger partial charge in [0.1, 0.15) is 59.2 Å². The number of hydrogen-bond acceptors (Lipinski definition) is 14. The van der Waals surface area contributed by atoms with E-state index in [4.69, 9.17) is 42.7 Å². The van der Waals surface area contributed by atoms with E-state index < -0.39 is 36.5 Å². The van der Waals surface area contributed by atoms with Crippen LogP contribution in [0.4, 0.5) is 0 Å². The first-order chi connectivity index (χ1) is 33.2. The monoisotopic (exact) mass is 1120 g/mol. The minimum absolute atomic E-state index is 0.172. The van der Waals surface area contributed by atoms with Gasteiger partial charge < -0.3 is 42.0 Å². The highest BCUT2D eigenvalue weighted by Gasteiger charge is 2.35. The molecule has 0 amide bonds. The number of hydrogen-bond donors (Lipinski definition) is 0. The van der Waals surface area contributed by atoms with Crippen LogP contribution in [0.5, 0.6) is 23.0 Å². The van der Waals surface area contributed by atoms with Gasteiger partial charge in [0.15, 0.2) is 0 Å². The fourth-order valence-electron chi connectivity index (χ4n) is 7.68. The lowest BCUT2D eigenvalue weighted by atomic mass is 9.94. The van der Waals surface area contributed by atoms with Crippen molar-refractivity contribution in [2.24, 2.45) is 0 Å². The number of halogens is 1. The lowest BCUT2D eigenvalue weighted by molar-refractivity contribution is 0.0522. The maximum Gasteiger partial charge on any atom is 0.344 e. The number of cyclic esters (lactones) is 2. The third kappa shape index (κ3) is 19.0. The van der Waals surface area contributed by atoms with E-state index in [-0.39, 0.29) is 24.7 Å². The van der Waals surface area contributed by atoms with E-state index >= 15 is 0 Å². The number of nitriles is 2. The summed E-state index contributed by atoms with van der Waals surface area (Å²) in [5.41, 5.74) is 8.29. The summed E-state index contributed by atoms with van der Waals surface area (Å²) >= 11 is 3.54. The third-order valence-electron chi connectivity index (χ3n) is 12.0. The van der Waals surface area contributed by atoms with Crippen LogP contribution in [-0.4, -0.2) is 99.2 Å². The molecule has 2 heterocycles. The van der Waals surface area contributed by atoms with Gasteiger partial charge in [0, 0.05) is 43.7 Å². The molecule has 0 bridgehead atoms. The van der Waals surface area contributed by atoms with Gasteiger partial charge in [-0.3, -0.25) is 4.57 Å². The molecule has 2 aliphatic rings. The number of alkyl halides is 1. The Morgan fingerprint density at radius 2 is 1.13 bits per heavy atom. The molecule has 0 aliphatic carbocycles. The summed E-state index contributed by atoms with van der Waals surface area (Å²) < 4.78 is 68.2. The lowest BCUT2D eigenvalue weighted by Gasteiger charge is -2.22. The van der Waals surface area contributed by atoms with Gasteiger partial charge in [-0.05, 0) is 96.3 Å². The quantitative estimate of drug-likeness (QED) is 0.0300. The first-order valence-electron chi connectivity index (χ1n) is 24.4. The van der Waals surface area contributed by atoms with Crippen molar-refractivity contribution in [2.75, 3.05) is 65.5 Å². The number of carbonyl (C=O) groups excluding carboxylic acids is 2. The molecule has 0 saturated heterocycles. The van der Waals surface area contributed by atoms with E-state index in [0.29, 0.717) is 80.7 Å². The fraction of sp³-hybridized carbons (Fsp3) is 0.615. The summed E-state index contributed by atoms with van der Waals surface area (Å²) in [7, 11) is -4.88. The molecule has 396 valence electrons. The predicted molar refractivity (Wildman–Crippen MR) is 294 cm³/mol. The highest BCUT2D eigenvalue weighted by molar-refractivity contribution is 9.09. The normalized spacial score (nSPS) is 14.1. The third-order valence-corrected chi connectivity index (χ3v) is 19.7. The second-order valence-corrected chi connectivity index (χ2v) is 37.5. The SMILES string of the molecule is CC/C(=C\Cc1c(OC)c(C)c2c(c1OCC[Si](C)(C)C)C(=O)OC2)CBr.CC/C(=C\Cc1c(OC)c(C)c2c(c1OCC[Si](C)(C)C)C(=O)OC2)CC(C#N)P(C)(C)=O.CCOP(=O)(CC#N)OCC. The van der Waals surface area contributed by atoms with Gasteiger partial charge in [-0.15, -0.1) is 0 Å². The van der Waals surface area contributed by atoms with Crippen LogP contribution in [-0.2, 0) is 53.7 Å². The van der Waals surface area contributed by atoms with Crippen LogP contribution in [0.1, 0.15) is 101 Å². The van der Waals surface area contributed by atoms with Crippen LogP contribution in [0.2, 0.25) is 51.4 Å². The van der Waals surface area contributed by atoms with Crippen molar-refractivity contribution >= 4 is 58.8 Å². The van der Waals surface area contributed by atoms with Crippen LogP contribution in [0, 0.1) is 36.5 Å². The smallest absolute Gasteiger partial charge is 0.344 e. The Labute approximate surface area is 435 Å². The highest BCUT2D eigenvalue weighted by Crippen LogP contribution is 2.48. The lowest BCUT2D eigenvalue weighted by Crippen LogP contribution is -2.23. The van der Waals surface area contributed by atoms with E-state index in [1.165, 1.54) is 5.57 Å². The molecular weight excluding hydrogens is 1040 g/mol. The molecule has 0 saturated carbocycles. The number of nitrogens with zero attached hydrogens (tertiary/aromatic N) is 2. The largest absolute Gasteiger partial charge is 0.496 e. The molecule has 14 nitrogen and oxygen atoms in total. The Balaban J connectivity index is 0.000000407. The van der Waals surface area contributed by atoms with Crippen molar-refractivity contribution < 1.29 is 56.2 Å².